The highest BCUT2D eigenvalue weighted by molar-refractivity contribution is 7.89. The fourth-order valence-corrected chi connectivity index (χ4v) is 4.71. The number of rotatable bonds is 6. The zero-order valence-corrected chi connectivity index (χ0v) is 17.7. The minimum atomic E-state index is -3.68. The Kier molecular flexibility index (Phi) is 6.01. The monoisotopic (exact) mass is 429 g/mol. The Morgan fingerprint density at radius 1 is 1.17 bits per heavy atom. The number of amides is 1. The number of hydrogen-bond donors (Lipinski definition) is 2. The van der Waals surface area contributed by atoms with E-state index in [1.54, 1.807) is 12.1 Å². The largest absolute Gasteiger partial charge is 0.355 e. The van der Waals surface area contributed by atoms with Crippen LogP contribution in [-0.4, -0.2) is 44.2 Å². The van der Waals surface area contributed by atoms with E-state index in [0.717, 1.165) is 55.7 Å². The van der Waals surface area contributed by atoms with Gasteiger partial charge in [0.25, 0.3) is 0 Å². The number of aryl methyl sites for hydroxylation is 2. The number of primary sulfonamides is 1. The van der Waals surface area contributed by atoms with Crippen LogP contribution < -0.4 is 15.4 Å². The second-order valence-corrected chi connectivity index (χ2v) is 9.60. The molecule has 8 nitrogen and oxygen atoms in total. The van der Waals surface area contributed by atoms with Crippen LogP contribution in [0, 0.1) is 5.92 Å². The summed E-state index contributed by atoms with van der Waals surface area (Å²) in [5, 5.41) is 16.9. The zero-order chi connectivity index (χ0) is 21.1. The van der Waals surface area contributed by atoms with Crippen LogP contribution in [0.25, 0.3) is 0 Å². The molecular weight excluding hydrogens is 402 g/mol. The first-order chi connectivity index (χ1) is 14.4. The lowest BCUT2D eigenvalue weighted by Crippen LogP contribution is -2.44. The quantitative estimate of drug-likeness (QED) is 0.712. The molecule has 0 spiro atoms. The summed E-state index contributed by atoms with van der Waals surface area (Å²) in [4.78, 5) is 14.9. The van der Waals surface area contributed by atoms with Crippen LogP contribution in [0.1, 0.15) is 36.1 Å². The molecule has 1 unspecified atom stereocenters. The predicted octanol–water partition coefficient (Wildman–Crippen LogP) is 1.19. The average molecular weight is 430 g/mol. The first-order valence-corrected chi connectivity index (χ1v) is 11.9. The number of fused-ring (bicyclic) bond motifs is 1. The van der Waals surface area contributed by atoms with Crippen molar-refractivity contribution in [3.63, 3.8) is 0 Å². The van der Waals surface area contributed by atoms with Gasteiger partial charge in [-0.15, -0.1) is 5.10 Å². The lowest BCUT2D eigenvalue weighted by molar-refractivity contribution is -0.125. The minimum absolute atomic E-state index is 0.0509. The number of carbonyl (C=O) groups excluding carboxylic acids is 1. The Morgan fingerprint density at radius 2 is 1.97 bits per heavy atom. The summed E-state index contributed by atoms with van der Waals surface area (Å²) in [5.41, 5.74) is 3.35. The summed E-state index contributed by atoms with van der Waals surface area (Å²) < 4.78 is 22.6. The van der Waals surface area contributed by atoms with Gasteiger partial charge in [-0.3, -0.25) is 4.79 Å². The molecule has 1 aliphatic carbocycles. The maximum atomic E-state index is 12.7. The molecule has 2 aromatic rings. The summed E-state index contributed by atoms with van der Waals surface area (Å²) in [6.07, 6.45) is 5.66. The van der Waals surface area contributed by atoms with E-state index in [1.165, 1.54) is 17.7 Å². The summed E-state index contributed by atoms with van der Waals surface area (Å²) in [6, 6.07) is 8.56. The average Bonchev–Trinajstić information content (AvgIpc) is 3.21. The first kappa shape index (κ1) is 20.7. The number of anilines is 1. The van der Waals surface area contributed by atoms with Gasteiger partial charge in [0, 0.05) is 19.6 Å². The number of benzene rings is 1. The Bertz CT molecular complexity index is 1020. The molecule has 1 aromatic heterocycles. The molecule has 1 amide bonds. The fourth-order valence-electron chi connectivity index (χ4n) is 4.19. The van der Waals surface area contributed by atoms with Gasteiger partial charge in [-0.25, -0.2) is 13.6 Å². The Balaban J connectivity index is 1.29. The molecule has 0 bridgehead atoms. The van der Waals surface area contributed by atoms with Crippen molar-refractivity contribution >= 4 is 21.7 Å². The number of nitrogens with zero attached hydrogens (tertiary/aromatic N) is 3. The van der Waals surface area contributed by atoms with E-state index < -0.39 is 10.0 Å². The third kappa shape index (κ3) is 4.79. The zero-order valence-electron chi connectivity index (χ0n) is 16.9. The van der Waals surface area contributed by atoms with E-state index in [-0.39, 0.29) is 16.7 Å². The van der Waals surface area contributed by atoms with Crippen molar-refractivity contribution in [2.75, 3.05) is 24.5 Å². The van der Waals surface area contributed by atoms with Crippen molar-refractivity contribution < 1.29 is 13.2 Å². The number of sulfonamides is 1. The lowest BCUT2D eigenvalue weighted by atomic mass is 9.97. The van der Waals surface area contributed by atoms with Crippen LogP contribution in [0.15, 0.2) is 35.2 Å². The van der Waals surface area contributed by atoms with E-state index >= 15 is 0 Å². The van der Waals surface area contributed by atoms with E-state index in [9.17, 15) is 13.2 Å². The molecule has 30 heavy (non-hydrogen) atoms. The summed E-state index contributed by atoms with van der Waals surface area (Å²) in [6.45, 7) is 2.05. The molecule has 160 valence electrons. The van der Waals surface area contributed by atoms with Gasteiger partial charge in [-0.05, 0) is 67.9 Å². The SMILES string of the molecule is NS(=O)(=O)c1ccc(CCNC(=O)C2CCCN(c3cc4c(nn3)CCC4)C2)cc1. The molecule has 1 atom stereocenters. The van der Waals surface area contributed by atoms with Gasteiger partial charge < -0.3 is 10.2 Å². The number of aromatic nitrogens is 2. The van der Waals surface area contributed by atoms with E-state index in [2.05, 4.69) is 26.5 Å². The molecule has 1 fully saturated rings. The van der Waals surface area contributed by atoms with Crippen LogP contribution in [-0.2, 0) is 34.1 Å². The highest BCUT2D eigenvalue weighted by Gasteiger charge is 2.27. The number of carbonyl (C=O) groups is 1. The second kappa shape index (κ2) is 8.69. The van der Waals surface area contributed by atoms with Crippen molar-refractivity contribution in [3.8, 4) is 0 Å². The van der Waals surface area contributed by atoms with Crippen LogP contribution in [0.3, 0.4) is 0 Å². The second-order valence-electron chi connectivity index (χ2n) is 8.04. The predicted molar refractivity (Wildman–Crippen MR) is 114 cm³/mol. The van der Waals surface area contributed by atoms with Crippen LogP contribution >= 0.6 is 0 Å². The van der Waals surface area contributed by atoms with Gasteiger partial charge in [-0.1, -0.05) is 12.1 Å². The molecule has 0 radical (unpaired) electrons. The van der Waals surface area contributed by atoms with Gasteiger partial charge in [-0.2, -0.15) is 5.10 Å². The maximum absolute atomic E-state index is 12.7. The molecule has 9 heteroatoms. The first-order valence-electron chi connectivity index (χ1n) is 10.4. The van der Waals surface area contributed by atoms with E-state index in [4.69, 9.17) is 5.14 Å². The van der Waals surface area contributed by atoms with E-state index in [1.807, 2.05) is 0 Å². The normalized spacial score (nSPS) is 18.8. The molecule has 1 aromatic carbocycles. The molecule has 2 heterocycles. The fraction of sp³-hybridized carbons (Fsp3) is 0.476. The highest BCUT2D eigenvalue weighted by Crippen LogP contribution is 2.26. The van der Waals surface area contributed by atoms with Crippen molar-refractivity contribution in [3.05, 3.63) is 47.2 Å². The van der Waals surface area contributed by atoms with Crippen LogP contribution in [0.5, 0.6) is 0 Å². The number of hydrogen-bond acceptors (Lipinski definition) is 6. The molecule has 3 N–H and O–H groups in total. The smallest absolute Gasteiger partial charge is 0.238 e. The molecule has 0 saturated carbocycles. The Labute approximate surface area is 176 Å². The third-order valence-electron chi connectivity index (χ3n) is 5.89. The minimum Gasteiger partial charge on any atom is -0.355 e. The van der Waals surface area contributed by atoms with Gasteiger partial charge in [0.05, 0.1) is 16.5 Å². The van der Waals surface area contributed by atoms with Crippen molar-refractivity contribution in [2.45, 2.75) is 43.4 Å². The summed E-state index contributed by atoms with van der Waals surface area (Å²) >= 11 is 0. The Morgan fingerprint density at radius 3 is 2.73 bits per heavy atom. The highest BCUT2D eigenvalue weighted by atomic mass is 32.2. The molecule has 2 aliphatic rings. The van der Waals surface area contributed by atoms with Crippen LogP contribution in [0.4, 0.5) is 5.82 Å². The van der Waals surface area contributed by atoms with Gasteiger partial charge in [0.2, 0.25) is 15.9 Å². The van der Waals surface area contributed by atoms with Crippen molar-refractivity contribution in [1.29, 1.82) is 0 Å². The van der Waals surface area contributed by atoms with E-state index in [0.29, 0.717) is 19.5 Å². The number of piperidine rings is 1. The van der Waals surface area contributed by atoms with Gasteiger partial charge in [0.15, 0.2) is 5.82 Å². The number of nitrogens with two attached hydrogens (primary N) is 1. The molecule has 1 saturated heterocycles. The third-order valence-corrected chi connectivity index (χ3v) is 6.82. The van der Waals surface area contributed by atoms with Crippen molar-refractivity contribution in [2.24, 2.45) is 11.1 Å². The standard InChI is InChI=1S/C21H27N5O3S/c22-30(28,29)18-8-6-15(7-9-18)10-11-23-21(27)17-4-2-12-26(14-17)20-13-16-3-1-5-19(16)24-25-20/h6-9,13,17H,1-5,10-12,14H2,(H,23,27)(H2,22,28,29). The molecular formula is C21H27N5O3S. The topological polar surface area (TPSA) is 118 Å². The van der Waals surface area contributed by atoms with Crippen molar-refractivity contribution in [1.82, 2.24) is 15.5 Å². The summed E-state index contributed by atoms with van der Waals surface area (Å²) in [7, 11) is -3.68. The molecule has 1 aliphatic heterocycles. The van der Waals surface area contributed by atoms with Crippen LogP contribution in [0.2, 0.25) is 0 Å². The van der Waals surface area contributed by atoms with Gasteiger partial charge >= 0.3 is 0 Å². The number of nitrogens with one attached hydrogen (secondary N) is 1. The molecule has 4 rings (SSSR count). The maximum Gasteiger partial charge on any atom is 0.238 e. The van der Waals surface area contributed by atoms with Gasteiger partial charge in [0.1, 0.15) is 0 Å². The lowest BCUT2D eigenvalue weighted by Gasteiger charge is -2.32. The Hall–Kier alpha value is -2.52. The summed E-state index contributed by atoms with van der Waals surface area (Å²) in [5.74, 6) is 0.858.